The minimum atomic E-state index is -3.58. The van der Waals surface area contributed by atoms with Crippen molar-refractivity contribution in [3.8, 4) is 0 Å². The summed E-state index contributed by atoms with van der Waals surface area (Å²) in [6, 6.07) is 3.29. The van der Waals surface area contributed by atoms with Crippen molar-refractivity contribution >= 4 is 33.4 Å². The zero-order valence-electron chi connectivity index (χ0n) is 18.8. The van der Waals surface area contributed by atoms with Gasteiger partial charge in [-0.25, -0.2) is 13.4 Å². The molecule has 0 spiro atoms. The molecule has 2 aromatic rings. The fraction of sp³-hybridized carbons (Fsp3) is 0.571. The van der Waals surface area contributed by atoms with Gasteiger partial charge in [0.05, 0.1) is 27.4 Å². The third-order valence-corrected chi connectivity index (χ3v) is 8.84. The van der Waals surface area contributed by atoms with Gasteiger partial charge in [-0.1, -0.05) is 31.0 Å². The number of thioether (sulfide) groups is 1. The van der Waals surface area contributed by atoms with Crippen LogP contribution in [0.1, 0.15) is 50.4 Å². The lowest BCUT2D eigenvalue weighted by molar-refractivity contribution is -0.115. The van der Waals surface area contributed by atoms with Crippen molar-refractivity contribution in [2.45, 2.75) is 74.1 Å². The highest BCUT2D eigenvalue weighted by Crippen LogP contribution is 2.28. The number of nitrogens with zero attached hydrogens (tertiary/aromatic N) is 4. The lowest BCUT2D eigenvalue weighted by Crippen LogP contribution is -2.38. The molecule has 0 aromatic carbocycles. The van der Waals surface area contributed by atoms with Gasteiger partial charge in [-0.2, -0.15) is 9.40 Å². The molecule has 3 rings (SSSR count). The predicted octanol–water partition coefficient (Wildman–Crippen LogP) is 3.50. The molecule has 2 aromatic heterocycles. The lowest BCUT2D eigenvalue weighted by Gasteiger charge is -2.30. The fourth-order valence-corrected chi connectivity index (χ4v) is 5.96. The number of carbonyl (C=O) groups is 1. The number of rotatable bonds is 7. The van der Waals surface area contributed by atoms with Gasteiger partial charge >= 0.3 is 0 Å². The van der Waals surface area contributed by atoms with Crippen molar-refractivity contribution in [2.75, 3.05) is 12.4 Å². The molecular weight excluding hydrogens is 434 g/mol. The molecular formula is C21H31N5O3S2. The van der Waals surface area contributed by atoms with Crippen molar-refractivity contribution in [2.24, 2.45) is 7.05 Å². The summed E-state index contributed by atoms with van der Waals surface area (Å²) in [6.45, 7) is 5.55. The molecule has 0 radical (unpaired) electrons. The Labute approximate surface area is 188 Å². The molecule has 1 saturated carbocycles. The van der Waals surface area contributed by atoms with E-state index in [9.17, 15) is 13.2 Å². The first-order chi connectivity index (χ1) is 14.6. The van der Waals surface area contributed by atoms with Crippen molar-refractivity contribution in [3.63, 3.8) is 0 Å². The standard InChI is InChI=1S/C21H31N5O3S2/c1-14-20(15(2)25(4)24-14)23-21(27)16(3)30-19-12-11-18(13-22-19)31(28,29)26(5)17-9-7-6-8-10-17/h11-13,16-17H,6-10H2,1-5H3,(H,23,27). The maximum atomic E-state index is 12.9. The minimum Gasteiger partial charge on any atom is -0.322 e. The van der Waals surface area contributed by atoms with Crippen LogP contribution in [0.3, 0.4) is 0 Å². The highest BCUT2D eigenvalue weighted by atomic mass is 32.2. The predicted molar refractivity (Wildman–Crippen MR) is 123 cm³/mol. The van der Waals surface area contributed by atoms with Gasteiger partial charge in [-0.05, 0) is 45.7 Å². The number of hydrogen-bond acceptors (Lipinski definition) is 6. The smallest absolute Gasteiger partial charge is 0.244 e. The number of carbonyl (C=O) groups excluding carboxylic acids is 1. The molecule has 0 saturated heterocycles. The third kappa shape index (κ3) is 5.30. The lowest BCUT2D eigenvalue weighted by atomic mass is 9.96. The second kappa shape index (κ2) is 9.70. The molecule has 1 aliphatic carbocycles. The van der Waals surface area contributed by atoms with Gasteiger partial charge in [0.15, 0.2) is 0 Å². The maximum absolute atomic E-state index is 12.9. The largest absolute Gasteiger partial charge is 0.322 e. The van der Waals surface area contributed by atoms with E-state index in [1.54, 1.807) is 30.8 Å². The summed E-state index contributed by atoms with van der Waals surface area (Å²) in [7, 11) is -0.0848. The Hall–Kier alpha value is -1.91. The van der Waals surface area contributed by atoms with Crippen molar-refractivity contribution in [3.05, 3.63) is 29.7 Å². The highest BCUT2D eigenvalue weighted by molar-refractivity contribution is 8.00. The Bertz CT molecular complexity index is 1030. The molecule has 1 atom stereocenters. The van der Waals surface area contributed by atoms with Crippen LogP contribution in [0.4, 0.5) is 5.69 Å². The van der Waals surface area contributed by atoms with Crippen LogP contribution in [0.25, 0.3) is 0 Å². The molecule has 170 valence electrons. The normalized spacial score (nSPS) is 16.5. The van der Waals surface area contributed by atoms with Gasteiger partial charge < -0.3 is 5.32 Å². The Balaban J connectivity index is 1.64. The fourth-order valence-electron chi connectivity index (χ4n) is 3.81. The number of pyridine rings is 1. The van der Waals surface area contributed by atoms with Crippen LogP contribution in [-0.2, 0) is 21.9 Å². The van der Waals surface area contributed by atoms with Gasteiger partial charge in [0, 0.05) is 26.3 Å². The number of aromatic nitrogens is 3. The SMILES string of the molecule is Cc1nn(C)c(C)c1NC(=O)C(C)Sc1ccc(S(=O)(=O)N(C)C2CCCCC2)cn1. The van der Waals surface area contributed by atoms with Crippen LogP contribution in [-0.4, -0.2) is 51.7 Å². The number of anilines is 1. The highest BCUT2D eigenvalue weighted by Gasteiger charge is 2.29. The zero-order chi connectivity index (χ0) is 22.8. The molecule has 1 fully saturated rings. The summed E-state index contributed by atoms with van der Waals surface area (Å²) >= 11 is 1.29. The van der Waals surface area contributed by atoms with Crippen LogP contribution >= 0.6 is 11.8 Å². The summed E-state index contributed by atoms with van der Waals surface area (Å²) < 4.78 is 29.1. The third-order valence-electron chi connectivity index (χ3n) is 5.90. The first-order valence-electron chi connectivity index (χ1n) is 10.5. The van der Waals surface area contributed by atoms with Gasteiger partial charge in [-0.15, -0.1) is 0 Å². The van der Waals surface area contributed by atoms with E-state index < -0.39 is 15.3 Å². The summed E-state index contributed by atoms with van der Waals surface area (Å²) in [5, 5.41) is 7.44. The van der Waals surface area contributed by atoms with Crippen molar-refractivity contribution in [1.29, 1.82) is 0 Å². The van der Waals surface area contributed by atoms with E-state index in [2.05, 4.69) is 15.4 Å². The Morgan fingerprint density at radius 3 is 2.48 bits per heavy atom. The molecule has 1 aliphatic rings. The summed E-state index contributed by atoms with van der Waals surface area (Å²) in [4.78, 5) is 17.1. The molecule has 1 amide bonds. The number of sulfonamides is 1. The van der Waals surface area contributed by atoms with E-state index in [-0.39, 0.29) is 16.8 Å². The first-order valence-corrected chi connectivity index (χ1v) is 12.8. The Morgan fingerprint density at radius 2 is 1.94 bits per heavy atom. The van der Waals surface area contributed by atoms with Gasteiger partial charge in [-0.3, -0.25) is 9.48 Å². The molecule has 2 heterocycles. The first kappa shape index (κ1) is 23.7. The Kier molecular flexibility index (Phi) is 7.43. The van der Waals surface area contributed by atoms with Crippen LogP contribution in [0.2, 0.25) is 0 Å². The van der Waals surface area contributed by atoms with E-state index in [1.165, 1.54) is 28.7 Å². The van der Waals surface area contributed by atoms with Crippen LogP contribution < -0.4 is 5.32 Å². The second-order valence-corrected chi connectivity index (χ2v) is 11.4. The number of aryl methyl sites for hydroxylation is 2. The van der Waals surface area contributed by atoms with E-state index in [0.717, 1.165) is 42.8 Å². The number of hydrogen-bond donors (Lipinski definition) is 1. The van der Waals surface area contributed by atoms with Crippen LogP contribution in [0.15, 0.2) is 28.3 Å². The minimum absolute atomic E-state index is 0.0518. The summed E-state index contributed by atoms with van der Waals surface area (Å²) in [5.41, 5.74) is 2.37. The maximum Gasteiger partial charge on any atom is 0.244 e. The molecule has 1 unspecified atom stereocenters. The molecule has 10 heteroatoms. The number of nitrogens with one attached hydrogen (secondary N) is 1. The van der Waals surface area contributed by atoms with E-state index >= 15 is 0 Å². The van der Waals surface area contributed by atoms with Gasteiger partial charge in [0.1, 0.15) is 4.90 Å². The van der Waals surface area contributed by atoms with Crippen LogP contribution in [0, 0.1) is 13.8 Å². The van der Waals surface area contributed by atoms with Crippen molar-refractivity contribution < 1.29 is 13.2 Å². The van der Waals surface area contributed by atoms with E-state index in [1.807, 2.05) is 20.9 Å². The quantitative estimate of drug-likeness (QED) is 0.629. The second-order valence-electron chi connectivity index (χ2n) is 8.06. The summed E-state index contributed by atoms with van der Waals surface area (Å²) in [6.07, 6.45) is 6.49. The van der Waals surface area contributed by atoms with Crippen LogP contribution in [0.5, 0.6) is 0 Å². The molecule has 0 aliphatic heterocycles. The van der Waals surface area contributed by atoms with Gasteiger partial charge in [0.25, 0.3) is 0 Å². The average Bonchev–Trinajstić information content (AvgIpc) is 3.00. The Morgan fingerprint density at radius 1 is 1.26 bits per heavy atom. The van der Waals surface area contributed by atoms with Gasteiger partial charge in [0.2, 0.25) is 15.9 Å². The topological polar surface area (TPSA) is 97.2 Å². The molecule has 31 heavy (non-hydrogen) atoms. The zero-order valence-corrected chi connectivity index (χ0v) is 20.4. The monoisotopic (exact) mass is 465 g/mol. The average molecular weight is 466 g/mol. The molecule has 8 nitrogen and oxygen atoms in total. The van der Waals surface area contributed by atoms with E-state index in [0.29, 0.717) is 5.03 Å². The van der Waals surface area contributed by atoms with E-state index in [4.69, 9.17) is 0 Å². The molecule has 0 bridgehead atoms. The number of amides is 1. The molecule has 1 N–H and O–H groups in total. The summed E-state index contributed by atoms with van der Waals surface area (Å²) in [5.74, 6) is -0.153. The van der Waals surface area contributed by atoms with Crippen molar-refractivity contribution in [1.82, 2.24) is 19.1 Å².